The number of ether oxygens (including phenoxy) is 2. The molecule has 0 aliphatic heterocycles. The van der Waals surface area contributed by atoms with Crippen molar-refractivity contribution >= 4 is 5.91 Å². The number of carbonyl (C=O) groups excluding carboxylic acids is 1. The maximum absolute atomic E-state index is 12.3. The van der Waals surface area contributed by atoms with E-state index in [-0.39, 0.29) is 12.4 Å². The minimum Gasteiger partial charge on any atom is -0.489 e. The zero-order valence-corrected chi connectivity index (χ0v) is 11.0. The van der Waals surface area contributed by atoms with Crippen LogP contribution in [-0.2, 0) is 6.61 Å². The van der Waals surface area contributed by atoms with E-state index in [1.165, 1.54) is 18.2 Å². The molecule has 0 radical (unpaired) electrons. The minimum atomic E-state index is -2.89. The van der Waals surface area contributed by atoms with Gasteiger partial charge in [0, 0.05) is 11.1 Å². The van der Waals surface area contributed by atoms with Gasteiger partial charge in [0.15, 0.2) is 0 Å². The molecule has 0 fully saturated rings. The Morgan fingerprint density at radius 2 is 1.76 bits per heavy atom. The minimum absolute atomic E-state index is 0.0683. The number of hydrogen-bond donors (Lipinski definition) is 1. The third-order valence-electron chi connectivity index (χ3n) is 2.72. The highest BCUT2D eigenvalue weighted by Gasteiger charge is 2.09. The van der Waals surface area contributed by atoms with Crippen molar-refractivity contribution in [3.05, 3.63) is 59.7 Å². The maximum Gasteiger partial charge on any atom is 0.387 e. The largest absolute Gasteiger partial charge is 0.489 e. The summed E-state index contributed by atoms with van der Waals surface area (Å²) >= 11 is 0. The van der Waals surface area contributed by atoms with E-state index < -0.39 is 12.5 Å². The molecule has 110 valence electrons. The van der Waals surface area contributed by atoms with Gasteiger partial charge in [-0.3, -0.25) is 4.79 Å². The van der Waals surface area contributed by atoms with Crippen molar-refractivity contribution in [2.24, 2.45) is 5.73 Å². The molecule has 0 atom stereocenters. The fraction of sp³-hybridized carbons (Fsp3) is 0.133. The number of alkyl halides is 2. The van der Waals surface area contributed by atoms with Crippen LogP contribution >= 0.6 is 0 Å². The molecule has 6 heteroatoms. The Kier molecular flexibility index (Phi) is 4.71. The van der Waals surface area contributed by atoms with Gasteiger partial charge in [0.1, 0.15) is 18.1 Å². The highest BCUT2D eigenvalue weighted by molar-refractivity contribution is 5.92. The average Bonchev–Trinajstić information content (AvgIpc) is 2.46. The molecular weight excluding hydrogens is 280 g/mol. The molecular formula is C15H13F2NO3. The van der Waals surface area contributed by atoms with Crippen LogP contribution in [0.25, 0.3) is 0 Å². The zero-order valence-electron chi connectivity index (χ0n) is 11.0. The molecule has 21 heavy (non-hydrogen) atoms. The number of benzene rings is 2. The summed E-state index contributed by atoms with van der Waals surface area (Å²) in [5, 5.41) is 0. The van der Waals surface area contributed by atoms with Crippen molar-refractivity contribution in [3.8, 4) is 11.5 Å². The van der Waals surface area contributed by atoms with Crippen LogP contribution in [-0.4, -0.2) is 12.5 Å². The van der Waals surface area contributed by atoms with Gasteiger partial charge in [-0.25, -0.2) is 0 Å². The summed E-state index contributed by atoms with van der Waals surface area (Å²) in [6.45, 7) is -2.82. The lowest BCUT2D eigenvalue weighted by Crippen LogP contribution is -2.10. The number of amides is 1. The van der Waals surface area contributed by atoms with Crippen LogP contribution in [0.1, 0.15) is 15.9 Å². The quantitative estimate of drug-likeness (QED) is 0.890. The number of primary amides is 1. The van der Waals surface area contributed by atoms with Crippen molar-refractivity contribution in [3.63, 3.8) is 0 Å². The Bertz CT molecular complexity index is 615. The van der Waals surface area contributed by atoms with Gasteiger partial charge in [-0.2, -0.15) is 8.78 Å². The van der Waals surface area contributed by atoms with Gasteiger partial charge in [-0.1, -0.05) is 18.2 Å². The van der Waals surface area contributed by atoms with Crippen LogP contribution in [0.5, 0.6) is 11.5 Å². The van der Waals surface area contributed by atoms with Crippen molar-refractivity contribution in [2.75, 3.05) is 0 Å². The maximum atomic E-state index is 12.3. The molecule has 0 aliphatic carbocycles. The molecule has 0 bridgehead atoms. The number of carbonyl (C=O) groups is 1. The summed E-state index contributed by atoms with van der Waals surface area (Å²) in [4.78, 5) is 10.9. The number of nitrogens with two attached hydrogens (primary N) is 1. The molecule has 2 N–H and O–H groups in total. The molecule has 0 unspecified atom stereocenters. The van der Waals surface area contributed by atoms with E-state index in [9.17, 15) is 13.6 Å². The molecule has 1 amide bonds. The number of rotatable bonds is 6. The standard InChI is InChI=1S/C15H13F2NO3/c16-15(17)21-13-4-2-1-3-11(13)9-20-12-7-5-10(6-8-12)14(18)19/h1-8,15H,9H2,(H2,18,19). The molecule has 2 rings (SSSR count). The smallest absolute Gasteiger partial charge is 0.387 e. The molecule has 0 saturated heterocycles. The summed E-state index contributed by atoms with van der Waals surface area (Å²) < 4.78 is 34.4. The fourth-order valence-corrected chi connectivity index (χ4v) is 1.71. The predicted molar refractivity (Wildman–Crippen MR) is 72.4 cm³/mol. The van der Waals surface area contributed by atoms with E-state index >= 15 is 0 Å². The summed E-state index contributed by atoms with van der Waals surface area (Å²) in [5.41, 5.74) is 5.99. The third kappa shape index (κ3) is 4.17. The van der Waals surface area contributed by atoms with E-state index in [0.717, 1.165) is 0 Å². The van der Waals surface area contributed by atoms with Crippen LogP contribution in [0.15, 0.2) is 48.5 Å². The summed E-state index contributed by atoms with van der Waals surface area (Å²) in [5.74, 6) is 0.0327. The first-order chi connectivity index (χ1) is 10.1. The van der Waals surface area contributed by atoms with Crippen LogP contribution in [0, 0.1) is 0 Å². The molecule has 2 aromatic carbocycles. The molecule has 0 spiro atoms. The van der Waals surface area contributed by atoms with Gasteiger partial charge in [-0.05, 0) is 30.3 Å². The van der Waals surface area contributed by atoms with Crippen molar-refractivity contribution in [2.45, 2.75) is 13.2 Å². The van der Waals surface area contributed by atoms with E-state index in [0.29, 0.717) is 16.9 Å². The molecule has 0 aliphatic rings. The monoisotopic (exact) mass is 293 g/mol. The normalized spacial score (nSPS) is 10.4. The highest BCUT2D eigenvalue weighted by Crippen LogP contribution is 2.22. The Morgan fingerprint density at radius 1 is 1.10 bits per heavy atom. The Labute approximate surface area is 120 Å². The van der Waals surface area contributed by atoms with Crippen molar-refractivity contribution in [1.82, 2.24) is 0 Å². The van der Waals surface area contributed by atoms with Gasteiger partial charge >= 0.3 is 6.61 Å². The number of halogens is 2. The first-order valence-corrected chi connectivity index (χ1v) is 6.11. The molecule has 0 aromatic heterocycles. The number of hydrogen-bond acceptors (Lipinski definition) is 3. The van der Waals surface area contributed by atoms with Crippen molar-refractivity contribution in [1.29, 1.82) is 0 Å². The lowest BCUT2D eigenvalue weighted by Gasteiger charge is -2.11. The van der Waals surface area contributed by atoms with Gasteiger partial charge in [0.2, 0.25) is 5.91 Å². The molecule has 4 nitrogen and oxygen atoms in total. The SMILES string of the molecule is NC(=O)c1ccc(OCc2ccccc2OC(F)F)cc1. The molecule has 2 aromatic rings. The first-order valence-electron chi connectivity index (χ1n) is 6.11. The van der Waals surface area contributed by atoms with E-state index in [1.807, 2.05) is 0 Å². The fourth-order valence-electron chi connectivity index (χ4n) is 1.71. The Hall–Kier alpha value is -2.63. The second kappa shape index (κ2) is 6.69. The van der Waals surface area contributed by atoms with E-state index in [1.54, 1.807) is 30.3 Å². The van der Waals surface area contributed by atoms with Crippen LogP contribution in [0.3, 0.4) is 0 Å². The highest BCUT2D eigenvalue weighted by atomic mass is 19.3. The van der Waals surface area contributed by atoms with Gasteiger partial charge in [0.25, 0.3) is 0 Å². The summed E-state index contributed by atoms with van der Waals surface area (Å²) in [6.07, 6.45) is 0. The van der Waals surface area contributed by atoms with Crippen LogP contribution in [0.4, 0.5) is 8.78 Å². The Morgan fingerprint density at radius 3 is 2.38 bits per heavy atom. The lowest BCUT2D eigenvalue weighted by atomic mass is 10.2. The van der Waals surface area contributed by atoms with Crippen molar-refractivity contribution < 1.29 is 23.0 Å². The molecule has 0 saturated carbocycles. The number of para-hydroxylation sites is 1. The second-order valence-corrected chi connectivity index (χ2v) is 4.16. The third-order valence-corrected chi connectivity index (χ3v) is 2.72. The van der Waals surface area contributed by atoms with Crippen LogP contribution < -0.4 is 15.2 Å². The van der Waals surface area contributed by atoms with Gasteiger partial charge in [-0.15, -0.1) is 0 Å². The van der Waals surface area contributed by atoms with Gasteiger partial charge in [0.05, 0.1) is 0 Å². The molecule has 0 heterocycles. The average molecular weight is 293 g/mol. The topological polar surface area (TPSA) is 61.6 Å². The Balaban J connectivity index is 2.04. The second-order valence-electron chi connectivity index (χ2n) is 4.16. The summed E-state index contributed by atoms with van der Waals surface area (Å²) in [7, 11) is 0. The van der Waals surface area contributed by atoms with Gasteiger partial charge < -0.3 is 15.2 Å². The van der Waals surface area contributed by atoms with E-state index in [4.69, 9.17) is 10.5 Å². The predicted octanol–water partition coefficient (Wildman–Crippen LogP) is 2.97. The van der Waals surface area contributed by atoms with Crippen LogP contribution in [0.2, 0.25) is 0 Å². The van der Waals surface area contributed by atoms with E-state index in [2.05, 4.69) is 4.74 Å². The first kappa shape index (κ1) is 14.8. The lowest BCUT2D eigenvalue weighted by molar-refractivity contribution is -0.0508. The summed E-state index contributed by atoms with van der Waals surface area (Å²) in [6, 6.07) is 12.6. The zero-order chi connectivity index (χ0) is 15.2.